The lowest BCUT2D eigenvalue weighted by Gasteiger charge is -2.32. The number of carboxylic acid groups (broad SMARTS) is 1. The lowest BCUT2D eigenvalue weighted by atomic mass is 9.91. The van der Waals surface area contributed by atoms with Gasteiger partial charge in [-0.15, -0.1) is 0 Å². The molecular weight excluding hydrogens is 484 g/mol. The number of nitrogens with one attached hydrogen (secondary N) is 1. The molecule has 202 valence electrons. The summed E-state index contributed by atoms with van der Waals surface area (Å²) < 4.78 is 11.4. The molecule has 1 aliphatic heterocycles. The van der Waals surface area contributed by atoms with Crippen LogP contribution in [0.2, 0.25) is 0 Å². The first-order chi connectivity index (χ1) is 18.4. The third-order valence-corrected chi connectivity index (χ3v) is 6.56. The zero-order chi connectivity index (χ0) is 27.5. The lowest BCUT2D eigenvalue weighted by Crippen LogP contribution is -2.38. The van der Waals surface area contributed by atoms with Gasteiger partial charge < -0.3 is 24.8 Å². The van der Waals surface area contributed by atoms with Crippen molar-refractivity contribution in [3.8, 4) is 5.75 Å². The van der Waals surface area contributed by atoms with Crippen LogP contribution in [0.15, 0.2) is 71.7 Å². The van der Waals surface area contributed by atoms with Crippen molar-refractivity contribution in [1.82, 2.24) is 10.2 Å². The highest BCUT2D eigenvalue weighted by Crippen LogP contribution is 2.32. The van der Waals surface area contributed by atoms with E-state index in [0.717, 1.165) is 22.4 Å². The minimum absolute atomic E-state index is 0.00477. The summed E-state index contributed by atoms with van der Waals surface area (Å²) in [5.41, 5.74) is 4.20. The molecule has 8 nitrogen and oxygen atoms in total. The van der Waals surface area contributed by atoms with Crippen LogP contribution >= 0.6 is 0 Å². The Morgan fingerprint density at radius 1 is 1.11 bits per heavy atom. The van der Waals surface area contributed by atoms with Crippen LogP contribution < -0.4 is 10.1 Å². The summed E-state index contributed by atoms with van der Waals surface area (Å²) in [6, 6.07) is 3.76. The molecule has 2 N–H and O–H groups in total. The molecule has 1 aliphatic carbocycles. The van der Waals surface area contributed by atoms with Gasteiger partial charge >= 0.3 is 5.97 Å². The first-order valence-electron chi connectivity index (χ1n) is 12.9. The molecule has 1 aromatic rings. The van der Waals surface area contributed by atoms with E-state index in [0.29, 0.717) is 56.7 Å². The van der Waals surface area contributed by atoms with Crippen molar-refractivity contribution in [2.75, 3.05) is 20.3 Å². The van der Waals surface area contributed by atoms with E-state index in [-0.39, 0.29) is 24.0 Å². The summed E-state index contributed by atoms with van der Waals surface area (Å²) >= 11 is 0. The fraction of sp³-hybridized carbons (Fsp3) is 0.367. The van der Waals surface area contributed by atoms with Crippen LogP contribution in [0, 0.1) is 0 Å². The fourth-order valence-corrected chi connectivity index (χ4v) is 4.49. The maximum Gasteiger partial charge on any atom is 0.303 e. The summed E-state index contributed by atoms with van der Waals surface area (Å²) in [7, 11) is 1.47. The van der Waals surface area contributed by atoms with Crippen LogP contribution in [-0.4, -0.2) is 48.1 Å². The highest BCUT2D eigenvalue weighted by atomic mass is 16.5. The summed E-state index contributed by atoms with van der Waals surface area (Å²) in [6.07, 6.45) is 15.1. The number of rotatable bonds is 11. The minimum Gasteiger partial charge on any atom is -0.493 e. The number of nitrogens with zero attached hydrogens (tertiary/aromatic N) is 1. The number of allylic oxidation sites excluding steroid dienone is 6. The second-order valence-corrected chi connectivity index (χ2v) is 8.96. The van der Waals surface area contributed by atoms with Gasteiger partial charge in [0.1, 0.15) is 5.75 Å². The molecule has 8 heteroatoms. The molecule has 0 bridgehead atoms. The van der Waals surface area contributed by atoms with Crippen molar-refractivity contribution in [2.45, 2.75) is 52.5 Å². The van der Waals surface area contributed by atoms with E-state index in [2.05, 4.69) is 5.32 Å². The molecule has 0 aromatic heterocycles. The van der Waals surface area contributed by atoms with Crippen molar-refractivity contribution < 1.29 is 29.0 Å². The van der Waals surface area contributed by atoms with Crippen molar-refractivity contribution in [1.29, 1.82) is 0 Å². The van der Waals surface area contributed by atoms with E-state index in [9.17, 15) is 19.5 Å². The molecule has 0 saturated heterocycles. The first kappa shape index (κ1) is 28.5. The van der Waals surface area contributed by atoms with Gasteiger partial charge in [-0.1, -0.05) is 36.4 Å². The van der Waals surface area contributed by atoms with Crippen LogP contribution in [0.25, 0.3) is 0 Å². The van der Waals surface area contributed by atoms with Gasteiger partial charge in [-0.3, -0.25) is 14.4 Å². The predicted molar refractivity (Wildman–Crippen MR) is 145 cm³/mol. The number of amides is 2. The van der Waals surface area contributed by atoms with E-state index in [4.69, 9.17) is 9.47 Å². The van der Waals surface area contributed by atoms with Gasteiger partial charge in [-0.25, -0.2) is 0 Å². The number of ether oxygens (including phenoxy) is 2. The molecule has 2 aliphatic rings. The molecule has 38 heavy (non-hydrogen) atoms. The van der Waals surface area contributed by atoms with Crippen LogP contribution in [0.3, 0.4) is 0 Å². The number of hydrogen-bond donors (Lipinski definition) is 2. The van der Waals surface area contributed by atoms with Gasteiger partial charge in [-0.05, 0) is 62.5 Å². The molecule has 2 amide bonds. The Hall–Kier alpha value is -4.07. The molecular formula is C30H36N2O6. The zero-order valence-electron chi connectivity index (χ0n) is 22.3. The Kier molecular flexibility index (Phi) is 10.5. The second-order valence-electron chi connectivity index (χ2n) is 8.96. The molecule has 0 radical (unpaired) electrons. The quantitative estimate of drug-likeness (QED) is 0.332. The number of aliphatic carboxylic acids is 1. The predicted octanol–water partition coefficient (Wildman–Crippen LogP) is 4.37. The number of aryl methyl sites for hydroxylation is 1. The largest absolute Gasteiger partial charge is 0.493 e. The average Bonchev–Trinajstić information content (AvgIpc) is 3.22. The van der Waals surface area contributed by atoms with Crippen molar-refractivity contribution in [3.63, 3.8) is 0 Å². The Balaban J connectivity index is 1.71. The Morgan fingerprint density at radius 2 is 1.92 bits per heavy atom. The fourth-order valence-electron chi connectivity index (χ4n) is 4.49. The summed E-state index contributed by atoms with van der Waals surface area (Å²) in [4.78, 5) is 38.5. The summed E-state index contributed by atoms with van der Waals surface area (Å²) in [5, 5.41) is 12.2. The van der Waals surface area contributed by atoms with Crippen molar-refractivity contribution in [3.05, 3.63) is 88.4 Å². The van der Waals surface area contributed by atoms with Gasteiger partial charge in [-0.2, -0.15) is 0 Å². The molecule has 0 fully saturated rings. The maximum absolute atomic E-state index is 12.9. The van der Waals surface area contributed by atoms with Gasteiger partial charge in [0.25, 0.3) is 11.8 Å². The Morgan fingerprint density at radius 3 is 2.63 bits per heavy atom. The SMILES string of the molecule is C/C=C(\OC)C(=O)N1CCc2c(OCC/C(=C\C)NC(=O)C3=CCC=CC=C3)ccc(CCC(=O)O)c2C1. The number of carbonyl (C=O) groups is 3. The molecule has 0 spiro atoms. The third-order valence-electron chi connectivity index (χ3n) is 6.56. The smallest absolute Gasteiger partial charge is 0.303 e. The highest BCUT2D eigenvalue weighted by molar-refractivity contribution is 5.97. The minimum atomic E-state index is -0.870. The van der Waals surface area contributed by atoms with E-state index in [1.807, 2.05) is 49.4 Å². The van der Waals surface area contributed by atoms with E-state index in [1.54, 1.807) is 24.0 Å². The lowest BCUT2D eigenvalue weighted by molar-refractivity contribution is -0.137. The number of carbonyl (C=O) groups excluding carboxylic acids is 2. The van der Waals surface area contributed by atoms with Gasteiger partial charge in [0.2, 0.25) is 0 Å². The van der Waals surface area contributed by atoms with Crippen LogP contribution in [-0.2, 0) is 38.5 Å². The number of benzene rings is 1. The van der Waals surface area contributed by atoms with E-state index in [1.165, 1.54) is 7.11 Å². The maximum atomic E-state index is 12.9. The molecule has 0 saturated carbocycles. The number of carboxylic acids is 1. The molecule has 0 atom stereocenters. The number of fused-ring (bicyclic) bond motifs is 1. The monoisotopic (exact) mass is 520 g/mol. The van der Waals surface area contributed by atoms with Gasteiger partial charge in [0.05, 0.1) is 13.7 Å². The topological polar surface area (TPSA) is 105 Å². The molecule has 1 aromatic carbocycles. The van der Waals surface area contributed by atoms with Crippen molar-refractivity contribution in [2.24, 2.45) is 0 Å². The second kappa shape index (κ2) is 14.0. The highest BCUT2D eigenvalue weighted by Gasteiger charge is 2.27. The van der Waals surface area contributed by atoms with E-state index >= 15 is 0 Å². The van der Waals surface area contributed by atoms with Crippen molar-refractivity contribution >= 4 is 17.8 Å². The average molecular weight is 521 g/mol. The Bertz CT molecular complexity index is 1210. The normalized spacial score (nSPS) is 15.3. The molecule has 0 unspecified atom stereocenters. The van der Waals surface area contributed by atoms with Gasteiger partial charge in [0.15, 0.2) is 5.76 Å². The standard InChI is InChI=1S/C30H36N2O6/c1-4-23(31-29(35)22-10-8-6-7-9-11-22)17-19-38-27-14-12-21(13-15-28(33)34)25-20-32(18-16-24(25)27)30(36)26(5-2)37-3/h4-8,10-12,14H,9,13,15-20H2,1-3H3,(H,31,35)(H,33,34)/b23-4+,26-5-. The van der Waals surface area contributed by atoms with Gasteiger partial charge in [0, 0.05) is 42.8 Å². The zero-order valence-corrected chi connectivity index (χ0v) is 22.3. The van der Waals surface area contributed by atoms with Crippen LogP contribution in [0.5, 0.6) is 5.75 Å². The number of methoxy groups -OCH3 is 1. The summed E-state index contributed by atoms with van der Waals surface area (Å²) in [5.74, 6) is -0.226. The Labute approximate surface area is 224 Å². The van der Waals surface area contributed by atoms with E-state index < -0.39 is 5.97 Å². The molecule has 3 rings (SSSR count). The third kappa shape index (κ3) is 7.47. The van der Waals surface area contributed by atoms with Crippen LogP contribution in [0.1, 0.15) is 49.8 Å². The molecule has 1 heterocycles. The summed E-state index contributed by atoms with van der Waals surface area (Å²) in [6.45, 7) is 4.83. The van der Waals surface area contributed by atoms with Crippen LogP contribution in [0.4, 0.5) is 0 Å². The first-order valence-corrected chi connectivity index (χ1v) is 12.9. The number of hydrogen-bond acceptors (Lipinski definition) is 5.